The van der Waals surface area contributed by atoms with E-state index in [1.165, 1.54) is 0 Å². The van der Waals surface area contributed by atoms with Gasteiger partial charge in [-0.25, -0.2) is 4.98 Å². The Bertz CT molecular complexity index is 1530. The van der Waals surface area contributed by atoms with Crippen LogP contribution in [0.1, 0.15) is 57.1 Å². The zero-order chi connectivity index (χ0) is 37.3. The quantitative estimate of drug-likeness (QED) is 0.118. The van der Waals surface area contributed by atoms with Crippen LogP contribution in [0.3, 0.4) is 0 Å². The normalized spacial score (nSPS) is 15.3. The molecule has 12 heteroatoms. The molecule has 1 aliphatic heterocycles. The molecule has 0 saturated carbocycles. The number of benzene rings is 2. The number of nitrogens with one attached hydrogen (secondary N) is 3. The summed E-state index contributed by atoms with van der Waals surface area (Å²) in [5, 5.41) is 8.79. The Morgan fingerprint density at radius 3 is 1.87 bits per heavy atom. The Balaban J connectivity index is 1.46. The highest BCUT2D eigenvalue weighted by Crippen LogP contribution is 2.16. The second-order valence-corrected chi connectivity index (χ2v) is 13.9. The average molecular weight is 713 g/mol. The topological polar surface area (TPSA) is 176 Å². The third kappa shape index (κ3) is 12.8. The second kappa shape index (κ2) is 20.9. The van der Waals surface area contributed by atoms with Crippen molar-refractivity contribution >= 4 is 29.4 Å². The van der Waals surface area contributed by atoms with E-state index < -0.39 is 41.9 Å². The Kier molecular flexibility index (Phi) is 16.1. The van der Waals surface area contributed by atoms with E-state index in [1.54, 1.807) is 11.1 Å². The van der Waals surface area contributed by atoms with Crippen molar-refractivity contribution in [3.8, 4) is 0 Å². The number of amides is 4. The van der Waals surface area contributed by atoms with Gasteiger partial charge in [-0.2, -0.15) is 0 Å². The van der Waals surface area contributed by atoms with Crippen LogP contribution in [0.25, 0.3) is 0 Å². The molecule has 0 aliphatic carbocycles. The Hall–Kier alpha value is -4.81. The average Bonchev–Trinajstić information content (AvgIpc) is 3.16. The third-order valence-corrected chi connectivity index (χ3v) is 9.27. The third-order valence-electron chi connectivity index (χ3n) is 9.27. The molecule has 1 aliphatic rings. The summed E-state index contributed by atoms with van der Waals surface area (Å²) in [6.07, 6.45) is 5.45. The van der Waals surface area contributed by atoms with Crippen molar-refractivity contribution in [1.29, 1.82) is 0 Å². The van der Waals surface area contributed by atoms with Gasteiger partial charge >= 0.3 is 0 Å². The number of nitrogens with two attached hydrogens (primary N) is 2. The highest BCUT2D eigenvalue weighted by atomic mass is 16.2. The van der Waals surface area contributed by atoms with Crippen LogP contribution in [-0.2, 0) is 32.0 Å². The van der Waals surface area contributed by atoms with Gasteiger partial charge in [0.1, 0.15) is 23.9 Å². The summed E-state index contributed by atoms with van der Waals surface area (Å²) in [5.41, 5.74) is 13.8. The number of carbonyl (C=O) groups is 4. The molecule has 280 valence electrons. The van der Waals surface area contributed by atoms with E-state index >= 15 is 0 Å². The maximum Gasteiger partial charge on any atom is 0.245 e. The molecule has 4 rings (SSSR count). The molecular formula is C40H56N8O4. The van der Waals surface area contributed by atoms with Gasteiger partial charge in [-0.05, 0) is 61.4 Å². The van der Waals surface area contributed by atoms with Crippen LogP contribution in [0.2, 0.25) is 0 Å². The molecule has 1 fully saturated rings. The van der Waals surface area contributed by atoms with E-state index in [9.17, 15) is 19.2 Å². The van der Waals surface area contributed by atoms with Crippen LogP contribution < -0.4 is 32.3 Å². The number of piperazine rings is 1. The van der Waals surface area contributed by atoms with E-state index in [-0.39, 0.29) is 18.2 Å². The number of carbonyl (C=O) groups excluding carboxylic acids is 4. The molecule has 7 N–H and O–H groups in total. The molecule has 4 amide bonds. The molecule has 0 bridgehead atoms. The maximum absolute atomic E-state index is 14.0. The minimum atomic E-state index is -0.983. The standard InChI is InChI=1S/C40H56N8O4/c1-29(2)26-34(46-39(51)35(28-31-16-8-4-9-17-31)45-37(49)32(42)27-30-14-6-3-7-15-30)38(50)44-33(18-10-5-12-20-41)40(52)48-24-22-47(23-25-48)36-19-11-13-21-43-36/h3-4,6-9,11,13-17,19,21,29,32-35H,5,10,12,18,20,22-28,41-42H2,1-2H3,(H,44,50)(H,45,49)(H,46,51)/t32-,33-,34-,35-/m1/s1. The first kappa shape index (κ1) is 40.0. The molecule has 12 nitrogen and oxygen atoms in total. The summed E-state index contributed by atoms with van der Waals surface area (Å²) in [7, 11) is 0. The molecule has 52 heavy (non-hydrogen) atoms. The zero-order valence-electron chi connectivity index (χ0n) is 30.6. The van der Waals surface area contributed by atoms with E-state index in [4.69, 9.17) is 11.5 Å². The van der Waals surface area contributed by atoms with Crippen LogP contribution in [0.15, 0.2) is 85.1 Å². The highest BCUT2D eigenvalue weighted by molar-refractivity contribution is 5.95. The van der Waals surface area contributed by atoms with Gasteiger partial charge in [0.2, 0.25) is 23.6 Å². The van der Waals surface area contributed by atoms with Gasteiger partial charge in [0.05, 0.1) is 6.04 Å². The smallest absolute Gasteiger partial charge is 0.245 e. The predicted molar refractivity (Wildman–Crippen MR) is 204 cm³/mol. The number of nitrogens with zero attached hydrogens (tertiary/aromatic N) is 3. The highest BCUT2D eigenvalue weighted by Gasteiger charge is 2.33. The summed E-state index contributed by atoms with van der Waals surface area (Å²) >= 11 is 0. The van der Waals surface area contributed by atoms with Crippen molar-refractivity contribution in [2.45, 2.75) is 83.0 Å². The van der Waals surface area contributed by atoms with Gasteiger partial charge in [-0.3, -0.25) is 19.2 Å². The van der Waals surface area contributed by atoms with Crippen LogP contribution in [0, 0.1) is 5.92 Å². The number of hydrogen-bond donors (Lipinski definition) is 5. The van der Waals surface area contributed by atoms with Crippen molar-refractivity contribution < 1.29 is 19.2 Å². The lowest BCUT2D eigenvalue weighted by Gasteiger charge is -2.37. The second-order valence-electron chi connectivity index (χ2n) is 13.9. The lowest BCUT2D eigenvalue weighted by Crippen LogP contribution is -2.59. The maximum atomic E-state index is 14.0. The summed E-state index contributed by atoms with van der Waals surface area (Å²) in [6.45, 7) is 6.76. The number of aromatic nitrogens is 1. The van der Waals surface area contributed by atoms with E-state index in [2.05, 4.69) is 25.8 Å². The number of anilines is 1. The fourth-order valence-corrected chi connectivity index (χ4v) is 6.39. The number of pyridine rings is 1. The largest absolute Gasteiger partial charge is 0.353 e. The molecule has 3 aromatic rings. The Morgan fingerprint density at radius 1 is 0.692 bits per heavy atom. The van der Waals surface area contributed by atoms with Crippen molar-refractivity contribution in [2.24, 2.45) is 17.4 Å². The fourth-order valence-electron chi connectivity index (χ4n) is 6.39. The van der Waals surface area contributed by atoms with Crippen LogP contribution in [-0.4, -0.2) is 90.4 Å². The molecule has 0 radical (unpaired) electrons. The number of rotatable bonds is 19. The van der Waals surface area contributed by atoms with Gasteiger partial charge in [-0.15, -0.1) is 0 Å². The van der Waals surface area contributed by atoms with E-state index in [1.807, 2.05) is 92.7 Å². The van der Waals surface area contributed by atoms with Gasteiger partial charge in [0.15, 0.2) is 0 Å². The molecule has 1 saturated heterocycles. The molecule has 2 heterocycles. The predicted octanol–water partition coefficient (Wildman–Crippen LogP) is 2.56. The molecule has 0 spiro atoms. The first-order valence-electron chi connectivity index (χ1n) is 18.5. The van der Waals surface area contributed by atoms with Gasteiger partial charge in [0.25, 0.3) is 0 Å². The molecule has 4 atom stereocenters. The summed E-state index contributed by atoms with van der Waals surface area (Å²) in [6, 6.07) is 21.1. The monoisotopic (exact) mass is 712 g/mol. The van der Waals surface area contributed by atoms with E-state index in [0.717, 1.165) is 36.2 Å². The van der Waals surface area contributed by atoms with Crippen LogP contribution in [0.4, 0.5) is 5.82 Å². The minimum Gasteiger partial charge on any atom is -0.353 e. The zero-order valence-corrected chi connectivity index (χ0v) is 30.6. The first-order chi connectivity index (χ1) is 25.1. The van der Waals surface area contributed by atoms with Crippen molar-refractivity contribution in [1.82, 2.24) is 25.8 Å². The SMILES string of the molecule is CC(C)C[C@@H](NC(=O)[C@@H](Cc1ccccc1)NC(=O)[C@H](N)Cc1ccccc1)C(=O)N[C@H](CCCCCN)C(=O)N1CCN(c2ccccn2)CC1. The Morgan fingerprint density at radius 2 is 1.27 bits per heavy atom. The van der Waals surface area contributed by atoms with Crippen LogP contribution >= 0.6 is 0 Å². The van der Waals surface area contributed by atoms with E-state index in [0.29, 0.717) is 52.0 Å². The Labute approximate surface area is 308 Å². The molecule has 1 aromatic heterocycles. The first-order valence-corrected chi connectivity index (χ1v) is 18.5. The lowest BCUT2D eigenvalue weighted by molar-refractivity contribution is -0.138. The van der Waals surface area contributed by atoms with Crippen molar-refractivity contribution in [3.05, 3.63) is 96.2 Å². The van der Waals surface area contributed by atoms with Gasteiger partial charge in [0, 0.05) is 38.8 Å². The van der Waals surface area contributed by atoms with Crippen LogP contribution in [0.5, 0.6) is 0 Å². The molecule has 2 aromatic carbocycles. The minimum absolute atomic E-state index is 0.0517. The lowest BCUT2D eigenvalue weighted by atomic mass is 9.99. The molecule has 0 unspecified atom stereocenters. The number of unbranched alkanes of at least 4 members (excludes halogenated alkanes) is 2. The number of hydrogen-bond acceptors (Lipinski definition) is 8. The molecular weight excluding hydrogens is 656 g/mol. The van der Waals surface area contributed by atoms with Gasteiger partial charge < -0.3 is 37.2 Å². The summed E-state index contributed by atoms with van der Waals surface area (Å²) in [5.74, 6) is -0.614. The van der Waals surface area contributed by atoms with Crippen molar-refractivity contribution in [3.63, 3.8) is 0 Å². The summed E-state index contributed by atoms with van der Waals surface area (Å²) in [4.78, 5) is 63.6. The van der Waals surface area contributed by atoms with Crippen molar-refractivity contribution in [2.75, 3.05) is 37.6 Å². The fraction of sp³-hybridized carbons (Fsp3) is 0.475. The summed E-state index contributed by atoms with van der Waals surface area (Å²) < 4.78 is 0. The van der Waals surface area contributed by atoms with Gasteiger partial charge in [-0.1, -0.05) is 93.4 Å².